The highest BCUT2D eigenvalue weighted by molar-refractivity contribution is 8.00. The molecule has 1 aliphatic rings. The number of nitrogens with one attached hydrogen (secondary N) is 1. The van der Waals surface area contributed by atoms with Crippen molar-refractivity contribution in [3.63, 3.8) is 0 Å². The molecule has 0 unspecified atom stereocenters. The normalized spacial score (nSPS) is 16.2. The molecule has 7 nitrogen and oxygen atoms in total. The van der Waals surface area contributed by atoms with E-state index >= 15 is 0 Å². The van der Waals surface area contributed by atoms with E-state index in [1.54, 1.807) is 12.4 Å². The van der Waals surface area contributed by atoms with E-state index in [1.807, 2.05) is 12.1 Å². The van der Waals surface area contributed by atoms with E-state index in [-0.39, 0.29) is 30.6 Å². The molecule has 1 aliphatic heterocycles. The van der Waals surface area contributed by atoms with Crippen molar-refractivity contribution in [2.24, 2.45) is 5.92 Å². The quantitative estimate of drug-likeness (QED) is 0.478. The first-order chi connectivity index (χ1) is 14.1. The third-order valence-electron chi connectivity index (χ3n) is 4.36. The number of hydrogen-bond donors (Lipinski definition) is 1. The van der Waals surface area contributed by atoms with Crippen LogP contribution in [-0.2, 0) is 15.3 Å². The number of pyridine rings is 1. The number of halogens is 1. The van der Waals surface area contributed by atoms with E-state index < -0.39 is 5.92 Å². The number of nitrogens with zero attached hydrogens (tertiary/aromatic N) is 4. The van der Waals surface area contributed by atoms with Crippen molar-refractivity contribution < 1.29 is 14.0 Å². The third-order valence-corrected chi connectivity index (χ3v) is 6.40. The smallest absolute Gasteiger partial charge is 0.231 e. The minimum absolute atomic E-state index is 0.102. The first-order valence-electron chi connectivity index (χ1n) is 8.80. The molecule has 0 bridgehead atoms. The zero-order valence-corrected chi connectivity index (χ0v) is 16.8. The molecular formula is C19H16FN5O2S2. The predicted octanol–water partition coefficient (Wildman–Crippen LogP) is 3.36. The van der Waals surface area contributed by atoms with Crippen LogP contribution in [0.1, 0.15) is 12.0 Å². The van der Waals surface area contributed by atoms with Gasteiger partial charge in [0, 0.05) is 36.8 Å². The zero-order valence-electron chi connectivity index (χ0n) is 15.1. The standard InChI is InChI=1S/C19H16FN5O2S2/c20-14-3-5-15(6-4-14)25-10-13(8-16(25)26)17(27)22-18-23-24-19(29-18)28-11-12-2-1-7-21-9-12/h1-7,9,13H,8,10-11H2,(H,22,23,27)/t13-/m1/s1. The second-order valence-corrected chi connectivity index (χ2v) is 8.59. The minimum atomic E-state index is -0.497. The summed E-state index contributed by atoms with van der Waals surface area (Å²) in [4.78, 5) is 30.4. The van der Waals surface area contributed by atoms with Gasteiger partial charge in [-0.2, -0.15) is 0 Å². The third kappa shape index (κ3) is 4.77. The Morgan fingerprint density at radius 2 is 2.10 bits per heavy atom. The van der Waals surface area contributed by atoms with E-state index in [4.69, 9.17) is 0 Å². The fourth-order valence-electron chi connectivity index (χ4n) is 2.91. The Labute approximate surface area is 174 Å². The van der Waals surface area contributed by atoms with Gasteiger partial charge in [-0.05, 0) is 35.9 Å². The average molecular weight is 430 g/mol. The van der Waals surface area contributed by atoms with E-state index in [0.717, 1.165) is 9.90 Å². The topological polar surface area (TPSA) is 88.1 Å². The van der Waals surface area contributed by atoms with Crippen LogP contribution in [0, 0.1) is 11.7 Å². The first kappa shape index (κ1) is 19.5. The molecule has 148 valence electrons. The second-order valence-electron chi connectivity index (χ2n) is 6.39. The monoisotopic (exact) mass is 429 g/mol. The van der Waals surface area contributed by atoms with Crippen molar-refractivity contribution in [2.45, 2.75) is 16.5 Å². The number of carbonyl (C=O) groups is 2. The molecule has 0 aliphatic carbocycles. The SMILES string of the molecule is O=C(Nc1nnc(SCc2cccnc2)s1)[C@@H]1CC(=O)N(c2ccc(F)cc2)C1. The molecular weight excluding hydrogens is 413 g/mol. The Morgan fingerprint density at radius 3 is 2.86 bits per heavy atom. The molecule has 1 fully saturated rings. The van der Waals surface area contributed by atoms with Gasteiger partial charge in [-0.1, -0.05) is 29.2 Å². The number of aromatic nitrogens is 3. The average Bonchev–Trinajstić information content (AvgIpc) is 3.34. The molecule has 1 N–H and O–H groups in total. The largest absolute Gasteiger partial charge is 0.312 e. The maximum Gasteiger partial charge on any atom is 0.231 e. The van der Waals surface area contributed by atoms with Crippen LogP contribution in [0.25, 0.3) is 0 Å². The molecule has 0 saturated carbocycles. The molecule has 3 heterocycles. The number of rotatable bonds is 6. The number of benzene rings is 1. The van der Waals surface area contributed by atoms with Gasteiger partial charge in [0.15, 0.2) is 4.34 Å². The van der Waals surface area contributed by atoms with Gasteiger partial charge in [-0.15, -0.1) is 10.2 Å². The lowest BCUT2D eigenvalue weighted by Crippen LogP contribution is -2.28. The van der Waals surface area contributed by atoms with Gasteiger partial charge in [-0.25, -0.2) is 4.39 Å². The summed E-state index contributed by atoms with van der Waals surface area (Å²) >= 11 is 2.80. The molecule has 2 amide bonds. The molecule has 3 aromatic rings. The summed E-state index contributed by atoms with van der Waals surface area (Å²) in [6.07, 6.45) is 3.61. The fourth-order valence-corrected chi connectivity index (χ4v) is 4.60. The van der Waals surface area contributed by atoms with Gasteiger partial charge in [0.1, 0.15) is 5.82 Å². The predicted molar refractivity (Wildman–Crippen MR) is 109 cm³/mol. The molecule has 1 atom stereocenters. The van der Waals surface area contributed by atoms with Gasteiger partial charge in [0.2, 0.25) is 16.9 Å². The van der Waals surface area contributed by atoms with Crippen molar-refractivity contribution in [1.82, 2.24) is 15.2 Å². The van der Waals surface area contributed by atoms with Gasteiger partial charge < -0.3 is 10.2 Å². The minimum Gasteiger partial charge on any atom is -0.312 e. The van der Waals surface area contributed by atoms with Crippen LogP contribution in [-0.4, -0.2) is 33.5 Å². The Bertz CT molecular complexity index is 1010. The first-order valence-corrected chi connectivity index (χ1v) is 10.6. The highest BCUT2D eigenvalue weighted by Crippen LogP contribution is 2.30. The summed E-state index contributed by atoms with van der Waals surface area (Å²) in [6, 6.07) is 9.51. The van der Waals surface area contributed by atoms with Crippen molar-refractivity contribution in [3.05, 3.63) is 60.2 Å². The van der Waals surface area contributed by atoms with Crippen LogP contribution < -0.4 is 10.2 Å². The number of carbonyl (C=O) groups excluding carboxylic acids is 2. The number of amides is 2. The van der Waals surface area contributed by atoms with Gasteiger partial charge in [0.25, 0.3) is 0 Å². The number of hydrogen-bond acceptors (Lipinski definition) is 7. The van der Waals surface area contributed by atoms with Crippen molar-refractivity contribution in [2.75, 3.05) is 16.8 Å². The van der Waals surface area contributed by atoms with E-state index in [1.165, 1.54) is 52.3 Å². The Kier molecular flexibility index (Phi) is 5.81. The number of anilines is 2. The lowest BCUT2D eigenvalue weighted by Gasteiger charge is -2.16. The lowest BCUT2D eigenvalue weighted by atomic mass is 10.1. The van der Waals surface area contributed by atoms with E-state index in [2.05, 4.69) is 20.5 Å². The van der Waals surface area contributed by atoms with Gasteiger partial charge in [0.05, 0.1) is 5.92 Å². The second kappa shape index (κ2) is 8.66. The van der Waals surface area contributed by atoms with E-state index in [0.29, 0.717) is 16.6 Å². The summed E-state index contributed by atoms with van der Waals surface area (Å²) < 4.78 is 13.8. The Morgan fingerprint density at radius 1 is 1.28 bits per heavy atom. The zero-order chi connectivity index (χ0) is 20.2. The summed E-state index contributed by atoms with van der Waals surface area (Å²) in [5.74, 6) is -0.601. The molecule has 4 rings (SSSR count). The molecule has 1 aromatic carbocycles. The van der Waals surface area contributed by atoms with Crippen molar-refractivity contribution in [1.29, 1.82) is 0 Å². The van der Waals surface area contributed by atoms with Crippen molar-refractivity contribution in [3.8, 4) is 0 Å². The maximum absolute atomic E-state index is 13.1. The Balaban J connectivity index is 1.33. The molecule has 10 heteroatoms. The van der Waals surface area contributed by atoms with Crippen LogP contribution in [0.4, 0.5) is 15.2 Å². The van der Waals surface area contributed by atoms with Crippen LogP contribution in [0.15, 0.2) is 53.1 Å². The summed E-state index contributed by atoms with van der Waals surface area (Å²) in [6.45, 7) is 0.248. The summed E-state index contributed by atoms with van der Waals surface area (Å²) in [7, 11) is 0. The number of thioether (sulfide) groups is 1. The van der Waals surface area contributed by atoms with Crippen molar-refractivity contribution >= 4 is 45.7 Å². The molecule has 2 aromatic heterocycles. The fraction of sp³-hybridized carbons (Fsp3) is 0.211. The van der Waals surface area contributed by atoms with Crippen LogP contribution in [0.3, 0.4) is 0 Å². The molecule has 0 spiro atoms. The van der Waals surface area contributed by atoms with Gasteiger partial charge in [-0.3, -0.25) is 14.6 Å². The highest BCUT2D eigenvalue weighted by Gasteiger charge is 2.35. The highest BCUT2D eigenvalue weighted by atomic mass is 32.2. The van der Waals surface area contributed by atoms with Gasteiger partial charge >= 0.3 is 0 Å². The Hall–Kier alpha value is -2.85. The summed E-state index contributed by atoms with van der Waals surface area (Å²) in [5.41, 5.74) is 1.65. The maximum atomic E-state index is 13.1. The van der Waals surface area contributed by atoms with Crippen LogP contribution in [0.5, 0.6) is 0 Å². The van der Waals surface area contributed by atoms with Crippen LogP contribution >= 0.6 is 23.1 Å². The lowest BCUT2D eigenvalue weighted by molar-refractivity contribution is -0.122. The van der Waals surface area contributed by atoms with Crippen LogP contribution in [0.2, 0.25) is 0 Å². The molecule has 0 radical (unpaired) electrons. The molecule has 29 heavy (non-hydrogen) atoms. The summed E-state index contributed by atoms with van der Waals surface area (Å²) in [5, 5.41) is 11.2. The molecule has 1 saturated heterocycles. The van der Waals surface area contributed by atoms with E-state index in [9.17, 15) is 14.0 Å².